The maximum atomic E-state index is 13.0. The number of hydrogen-bond donors (Lipinski definition) is 3. The summed E-state index contributed by atoms with van der Waals surface area (Å²) in [4.78, 5) is 24.3. The number of rotatable bonds is 8. The number of amides is 1. The number of carboxylic acid groups (broad SMARTS) is 1. The number of carbonyl (C=O) groups excluding carboxylic acids is 1. The van der Waals surface area contributed by atoms with Gasteiger partial charge in [0, 0.05) is 12.4 Å². The van der Waals surface area contributed by atoms with Gasteiger partial charge in [-0.25, -0.2) is 0 Å². The van der Waals surface area contributed by atoms with Gasteiger partial charge in [0.2, 0.25) is 0 Å². The number of nitrogens with zero attached hydrogens (tertiary/aromatic N) is 1. The number of halogens is 1. The molecule has 32 heavy (non-hydrogen) atoms. The summed E-state index contributed by atoms with van der Waals surface area (Å²) in [6.07, 6.45) is 0.475. The fourth-order valence-corrected chi connectivity index (χ4v) is 4.00. The molecule has 0 spiro atoms. The first-order valence-corrected chi connectivity index (χ1v) is 10.3. The zero-order valence-electron chi connectivity index (χ0n) is 18.1. The van der Waals surface area contributed by atoms with Crippen LogP contribution in [0.25, 0.3) is 10.9 Å². The maximum Gasteiger partial charge on any atom is 0.310 e. The molecule has 3 N–H and O–H groups in total. The highest BCUT2D eigenvalue weighted by molar-refractivity contribution is 7.59. The van der Waals surface area contributed by atoms with E-state index in [1.54, 1.807) is 48.0 Å². The van der Waals surface area contributed by atoms with E-state index in [1.807, 2.05) is 13.0 Å². The predicted molar refractivity (Wildman–Crippen MR) is 129 cm³/mol. The van der Waals surface area contributed by atoms with Gasteiger partial charge in [0.05, 0.1) is 36.2 Å². The number of methoxy groups -OCH3 is 1. The van der Waals surface area contributed by atoms with Crippen LogP contribution in [0, 0.1) is 0 Å². The number of aliphatic carboxylic acids is 1. The number of benzene rings is 2. The summed E-state index contributed by atoms with van der Waals surface area (Å²) in [7, 11) is 3.29. The molecule has 1 heterocycles. The summed E-state index contributed by atoms with van der Waals surface area (Å²) in [6.45, 7) is 1.51. The number of hydrogen-bond acceptors (Lipinski definition) is 4. The molecule has 0 bridgehead atoms. The van der Waals surface area contributed by atoms with E-state index < -0.39 is 17.9 Å². The number of aliphatic hydroxyl groups is 1. The number of aromatic nitrogens is 1. The molecule has 172 valence electrons. The van der Waals surface area contributed by atoms with Crippen LogP contribution in [0.3, 0.4) is 0 Å². The smallest absolute Gasteiger partial charge is 0.310 e. The second-order valence-corrected chi connectivity index (χ2v) is 7.66. The van der Waals surface area contributed by atoms with Crippen molar-refractivity contribution in [2.45, 2.75) is 25.3 Å². The van der Waals surface area contributed by atoms with Gasteiger partial charge in [-0.05, 0) is 35.7 Å². The van der Waals surface area contributed by atoms with Crippen molar-refractivity contribution in [3.63, 3.8) is 0 Å². The maximum absolute atomic E-state index is 13.0. The summed E-state index contributed by atoms with van der Waals surface area (Å²) in [6, 6.07) is 11.5. The highest BCUT2D eigenvalue weighted by atomic mass is 35.5. The Morgan fingerprint density at radius 2 is 1.78 bits per heavy atom. The number of carboxylic acids is 1. The lowest BCUT2D eigenvalue weighted by molar-refractivity contribution is -0.138. The fourth-order valence-electron chi connectivity index (χ4n) is 3.71. The second-order valence-electron chi connectivity index (χ2n) is 7.28. The van der Waals surface area contributed by atoms with E-state index in [0.29, 0.717) is 39.4 Å². The summed E-state index contributed by atoms with van der Waals surface area (Å²) < 4.78 is 6.97. The summed E-state index contributed by atoms with van der Waals surface area (Å²) in [5.41, 5.74) is 2.52. The van der Waals surface area contributed by atoms with Crippen molar-refractivity contribution in [3.05, 3.63) is 64.3 Å². The van der Waals surface area contributed by atoms with E-state index in [-0.39, 0.29) is 26.0 Å². The Kier molecular flexibility index (Phi) is 8.60. The lowest BCUT2D eigenvalue weighted by atomic mass is 9.94. The topological polar surface area (TPSA) is 101 Å². The van der Waals surface area contributed by atoms with Gasteiger partial charge in [-0.1, -0.05) is 42.8 Å². The predicted octanol–water partition coefficient (Wildman–Crippen LogP) is 3.99. The van der Waals surface area contributed by atoms with E-state index in [2.05, 4.69) is 5.32 Å². The molecule has 0 aliphatic heterocycles. The number of fused-ring (bicyclic) bond motifs is 1. The van der Waals surface area contributed by atoms with Crippen LogP contribution in [0.4, 0.5) is 0 Å². The standard InChI is InChI=1S/C23H25ClN2O5.H2S/c1-4-15(23(29)30)13-5-7-14(8-6-13)17(12-27)25-22(28)19-11-16-18(26(19)2)9-10-20(31-3)21(16)24;/h5-11,15,17,27H,4,12H2,1-3H3,(H,25,28)(H,29,30);1H2/t15?,17-;/m1./s1. The van der Waals surface area contributed by atoms with E-state index in [1.165, 1.54) is 7.11 Å². The molecule has 7 nitrogen and oxygen atoms in total. The van der Waals surface area contributed by atoms with E-state index in [4.69, 9.17) is 16.3 Å². The number of carbonyl (C=O) groups is 2. The van der Waals surface area contributed by atoms with Crippen LogP contribution in [0.2, 0.25) is 5.02 Å². The highest BCUT2D eigenvalue weighted by Crippen LogP contribution is 2.34. The third-order valence-corrected chi connectivity index (χ3v) is 5.90. The second kappa shape index (κ2) is 10.8. The van der Waals surface area contributed by atoms with Crippen molar-refractivity contribution < 1.29 is 24.5 Å². The molecule has 0 saturated heterocycles. The Labute approximate surface area is 198 Å². The Hall–Kier alpha value is -2.68. The summed E-state index contributed by atoms with van der Waals surface area (Å²) in [5, 5.41) is 23.1. The molecule has 0 radical (unpaired) electrons. The van der Waals surface area contributed by atoms with E-state index >= 15 is 0 Å². The molecule has 0 aliphatic carbocycles. The Morgan fingerprint density at radius 3 is 2.31 bits per heavy atom. The van der Waals surface area contributed by atoms with Crippen LogP contribution in [-0.4, -0.2) is 40.4 Å². The number of aryl methyl sites for hydroxylation is 1. The molecule has 1 unspecified atom stereocenters. The van der Waals surface area contributed by atoms with Crippen LogP contribution in [0.15, 0.2) is 42.5 Å². The third kappa shape index (κ3) is 4.87. The van der Waals surface area contributed by atoms with Gasteiger partial charge in [0.1, 0.15) is 11.4 Å². The van der Waals surface area contributed by atoms with Crippen molar-refractivity contribution >= 4 is 47.9 Å². The largest absolute Gasteiger partial charge is 0.495 e. The van der Waals surface area contributed by atoms with Crippen LogP contribution in [0.5, 0.6) is 5.75 Å². The zero-order chi connectivity index (χ0) is 22.7. The molecular weight excluding hydrogens is 452 g/mol. The Morgan fingerprint density at radius 1 is 1.16 bits per heavy atom. The minimum Gasteiger partial charge on any atom is -0.495 e. The SMILES string of the molecule is CCC(C(=O)O)c1ccc([C@@H](CO)NC(=O)c2cc3c(Cl)c(OC)ccc3n2C)cc1.S. The monoisotopic (exact) mass is 478 g/mol. The molecule has 1 amide bonds. The highest BCUT2D eigenvalue weighted by Gasteiger charge is 2.22. The third-order valence-electron chi connectivity index (χ3n) is 5.51. The molecule has 0 saturated carbocycles. The summed E-state index contributed by atoms with van der Waals surface area (Å²) in [5.74, 6) is -1.32. The van der Waals surface area contributed by atoms with Gasteiger partial charge >= 0.3 is 5.97 Å². The minimum atomic E-state index is -0.881. The summed E-state index contributed by atoms with van der Waals surface area (Å²) >= 11 is 6.38. The molecular formula is C23H27ClN2O5S. The molecule has 1 aromatic heterocycles. The van der Waals surface area contributed by atoms with Gasteiger partial charge in [-0.15, -0.1) is 0 Å². The first-order valence-electron chi connectivity index (χ1n) is 9.88. The minimum absolute atomic E-state index is 0. The average molecular weight is 479 g/mol. The van der Waals surface area contributed by atoms with Gasteiger partial charge in [0.25, 0.3) is 5.91 Å². The van der Waals surface area contributed by atoms with Gasteiger partial charge in [0.15, 0.2) is 0 Å². The molecule has 0 fully saturated rings. The van der Waals surface area contributed by atoms with Crippen molar-refractivity contribution in [3.8, 4) is 5.75 Å². The van der Waals surface area contributed by atoms with E-state index in [0.717, 1.165) is 5.52 Å². The molecule has 2 atom stereocenters. The number of aliphatic hydroxyl groups excluding tert-OH is 1. The zero-order valence-corrected chi connectivity index (χ0v) is 19.8. The molecule has 0 aliphatic rings. The van der Waals surface area contributed by atoms with E-state index in [9.17, 15) is 19.8 Å². The van der Waals surface area contributed by atoms with Crippen LogP contribution >= 0.6 is 25.1 Å². The van der Waals surface area contributed by atoms with Crippen molar-refractivity contribution in [1.82, 2.24) is 9.88 Å². The quantitative estimate of drug-likeness (QED) is 0.454. The van der Waals surface area contributed by atoms with Gasteiger partial charge < -0.3 is 24.8 Å². The lowest BCUT2D eigenvalue weighted by Gasteiger charge is -2.18. The first kappa shape index (κ1) is 25.6. The average Bonchev–Trinajstić information content (AvgIpc) is 3.10. The van der Waals surface area contributed by atoms with Crippen LogP contribution in [0.1, 0.15) is 46.9 Å². The van der Waals surface area contributed by atoms with Crippen LogP contribution < -0.4 is 10.1 Å². The first-order chi connectivity index (χ1) is 14.8. The van der Waals surface area contributed by atoms with Crippen molar-refractivity contribution in [2.24, 2.45) is 7.05 Å². The van der Waals surface area contributed by atoms with Gasteiger partial charge in [-0.2, -0.15) is 13.5 Å². The van der Waals surface area contributed by atoms with Crippen molar-refractivity contribution in [1.29, 1.82) is 0 Å². The fraction of sp³-hybridized carbons (Fsp3) is 0.304. The normalized spacial score (nSPS) is 12.7. The Balaban J connectivity index is 0.00000363. The number of nitrogens with one attached hydrogen (secondary N) is 1. The van der Waals surface area contributed by atoms with Crippen LogP contribution in [-0.2, 0) is 11.8 Å². The number of ether oxygens (including phenoxy) is 1. The molecule has 2 aromatic carbocycles. The van der Waals surface area contributed by atoms with Gasteiger partial charge in [-0.3, -0.25) is 9.59 Å². The lowest BCUT2D eigenvalue weighted by Crippen LogP contribution is -2.32. The van der Waals surface area contributed by atoms with Crippen molar-refractivity contribution in [2.75, 3.05) is 13.7 Å². The Bertz CT molecular complexity index is 1110. The molecule has 3 aromatic rings. The molecule has 3 rings (SSSR count). The molecule has 9 heteroatoms.